The SMILES string of the molecule is Cc1ccc(Cl)cc1N(Cc1ccc(C(=O)N/N=C\c2cc3c(cc2Br)OCO3)cc1)S(=O)(=O)c1ccccc1. The van der Waals surface area contributed by atoms with Crippen LogP contribution in [0.3, 0.4) is 0 Å². The molecule has 0 bridgehead atoms. The minimum Gasteiger partial charge on any atom is -0.454 e. The Hall–Kier alpha value is -3.86. The zero-order valence-electron chi connectivity index (χ0n) is 21.2. The fourth-order valence-corrected chi connectivity index (χ4v) is 6.18. The zero-order valence-corrected chi connectivity index (χ0v) is 24.3. The summed E-state index contributed by atoms with van der Waals surface area (Å²) in [6, 6.07) is 23.5. The topological polar surface area (TPSA) is 97.3 Å². The van der Waals surface area contributed by atoms with E-state index in [9.17, 15) is 13.2 Å². The number of amides is 1. The van der Waals surface area contributed by atoms with Gasteiger partial charge in [-0.25, -0.2) is 13.8 Å². The smallest absolute Gasteiger partial charge is 0.271 e. The van der Waals surface area contributed by atoms with E-state index >= 15 is 0 Å². The highest BCUT2D eigenvalue weighted by Gasteiger charge is 2.26. The molecule has 0 saturated heterocycles. The van der Waals surface area contributed by atoms with Gasteiger partial charge in [-0.1, -0.05) is 48.0 Å². The van der Waals surface area contributed by atoms with Crippen LogP contribution in [0.4, 0.5) is 5.69 Å². The van der Waals surface area contributed by atoms with E-state index in [1.54, 1.807) is 84.9 Å². The second kappa shape index (κ2) is 11.7. The second-order valence-corrected chi connectivity index (χ2v) is 12.0. The lowest BCUT2D eigenvalue weighted by molar-refractivity contribution is 0.0955. The Labute approximate surface area is 245 Å². The lowest BCUT2D eigenvalue weighted by Crippen LogP contribution is -2.31. The van der Waals surface area contributed by atoms with Gasteiger partial charge >= 0.3 is 0 Å². The third-order valence-corrected chi connectivity index (χ3v) is 8.87. The second-order valence-electron chi connectivity index (χ2n) is 8.88. The number of hydrogen-bond donors (Lipinski definition) is 1. The van der Waals surface area contributed by atoms with E-state index in [-0.39, 0.29) is 18.2 Å². The molecule has 5 rings (SSSR count). The summed E-state index contributed by atoms with van der Waals surface area (Å²) in [5.74, 6) is 0.816. The number of rotatable bonds is 8. The summed E-state index contributed by atoms with van der Waals surface area (Å²) in [6.07, 6.45) is 1.50. The van der Waals surface area contributed by atoms with Crippen molar-refractivity contribution in [3.05, 3.63) is 117 Å². The number of hydrogen-bond acceptors (Lipinski definition) is 6. The van der Waals surface area contributed by atoms with E-state index in [0.29, 0.717) is 38.9 Å². The van der Waals surface area contributed by atoms with Crippen molar-refractivity contribution in [2.75, 3.05) is 11.1 Å². The van der Waals surface area contributed by atoms with Crippen molar-refractivity contribution in [1.82, 2.24) is 5.43 Å². The van der Waals surface area contributed by atoms with Gasteiger partial charge in [0.1, 0.15) is 0 Å². The number of anilines is 1. The van der Waals surface area contributed by atoms with E-state index in [1.807, 2.05) is 6.92 Å². The Morgan fingerprint density at radius 3 is 2.45 bits per heavy atom. The maximum atomic E-state index is 13.7. The molecule has 0 unspecified atom stereocenters. The summed E-state index contributed by atoms with van der Waals surface area (Å²) in [6.45, 7) is 2.02. The van der Waals surface area contributed by atoms with Crippen molar-refractivity contribution in [3.8, 4) is 11.5 Å². The van der Waals surface area contributed by atoms with Crippen LogP contribution in [0.1, 0.15) is 27.0 Å². The van der Waals surface area contributed by atoms with Gasteiger partial charge in [0, 0.05) is 20.6 Å². The van der Waals surface area contributed by atoms with Crippen LogP contribution in [-0.4, -0.2) is 27.3 Å². The van der Waals surface area contributed by atoms with E-state index in [1.165, 1.54) is 10.5 Å². The van der Waals surface area contributed by atoms with Gasteiger partial charge < -0.3 is 9.47 Å². The summed E-state index contributed by atoms with van der Waals surface area (Å²) >= 11 is 9.69. The first-order valence-electron chi connectivity index (χ1n) is 12.1. The maximum Gasteiger partial charge on any atom is 0.271 e. The highest BCUT2D eigenvalue weighted by Crippen LogP contribution is 2.36. The summed E-state index contributed by atoms with van der Waals surface area (Å²) in [5.41, 5.74) is 5.49. The van der Waals surface area contributed by atoms with Crippen LogP contribution < -0.4 is 19.2 Å². The van der Waals surface area contributed by atoms with E-state index < -0.39 is 15.9 Å². The number of ether oxygens (including phenoxy) is 2. The Kier molecular flexibility index (Phi) is 8.11. The molecule has 0 aromatic heterocycles. The van der Waals surface area contributed by atoms with Crippen molar-refractivity contribution < 1.29 is 22.7 Å². The lowest BCUT2D eigenvalue weighted by Gasteiger charge is -2.26. The number of nitrogens with zero attached hydrogens (tertiary/aromatic N) is 2. The Bertz CT molecular complexity index is 1700. The van der Waals surface area contributed by atoms with Gasteiger partial charge in [-0.05, 0) is 82.5 Å². The van der Waals surface area contributed by atoms with Gasteiger partial charge in [-0.3, -0.25) is 9.10 Å². The minimum absolute atomic E-state index is 0.0383. The molecule has 40 heavy (non-hydrogen) atoms. The number of benzene rings is 4. The molecule has 8 nitrogen and oxygen atoms in total. The monoisotopic (exact) mass is 639 g/mol. The quantitative estimate of drug-likeness (QED) is 0.180. The number of carbonyl (C=O) groups is 1. The van der Waals surface area contributed by atoms with Gasteiger partial charge in [0.25, 0.3) is 15.9 Å². The average molecular weight is 641 g/mol. The first-order valence-corrected chi connectivity index (χ1v) is 14.7. The van der Waals surface area contributed by atoms with Gasteiger partial charge in [-0.2, -0.15) is 5.10 Å². The number of fused-ring (bicyclic) bond motifs is 1. The van der Waals surface area contributed by atoms with Gasteiger partial charge in [0.15, 0.2) is 11.5 Å². The maximum absolute atomic E-state index is 13.7. The Morgan fingerprint density at radius 1 is 1.02 bits per heavy atom. The van der Waals surface area contributed by atoms with Crippen molar-refractivity contribution >= 4 is 55.4 Å². The van der Waals surface area contributed by atoms with Crippen LogP contribution in [-0.2, 0) is 16.6 Å². The molecule has 0 saturated carbocycles. The van der Waals surface area contributed by atoms with Gasteiger partial charge in [0.2, 0.25) is 6.79 Å². The average Bonchev–Trinajstić information content (AvgIpc) is 3.41. The molecule has 1 aliphatic heterocycles. The van der Waals surface area contributed by atoms with Crippen LogP contribution in [0, 0.1) is 6.92 Å². The minimum atomic E-state index is -3.91. The molecule has 0 radical (unpaired) electrons. The third-order valence-electron chi connectivity index (χ3n) is 6.18. The molecule has 1 heterocycles. The fraction of sp³-hybridized carbons (Fsp3) is 0.103. The number of hydrazone groups is 1. The molecule has 4 aromatic carbocycles. The van der Waals surface area contributed by atoms with Crippen molar-refractivity contribution in [1.29, 1.82) is 0 Å². The van der Waals surface area contributed by atoms with Gasteiger partial charge in [-0.15, -0.1) is 0 Å². The molecule has 0 aliphatic carbocycles. The molecular formula is C29H23BrClN3O5S. The fourth-order valence-electron chi connectivity index (χ4n) is 4.05. The van der Waals surface area contributed by atoms with Crippen LogP contribution in [0.2, 0.25) is 5.02 Å². The molecule has 11 heteroatoms. The normalized spacial score (nSPS) is 12.5. The molecular weight excluding hydrogens is 618 g/mol. The highest BCUT2D eigenvalue weighted by atomic mass is 79.9. The first-order chi connectivity index (χ1) is 19.2. The van der Waals surface area contributed by atoms with E-state index in [4.69, 9.17) is 21.1 Å². The van der Waals surface area contributed by atoms with Crippen LogP contribution in [0.5, 0.6) is 11.5 Å². The number of halogens is 2. The molecule has 4 aromatic rings. The molecule has 0 atom stereocenters. The van der Waals surface area contributed by atoms with Crippen LogP contribution >= 0.6 is 27.5 Å². The largest absolute Gasteiger partial charge is 0.454 e. The molecule has 0 spiro atoms. The first kappa shape index (κ1) is 27.7. The summed E-state index contributed by atoms with van der Waals surface area (Å²) in [5, 5.41) is 4.47. The standard InChI is InChI=1S/C29H23BrClN3O5S/c1-19-7-12-23(31)14-26(19)34(40(36,37)24-5-3-2-4-6-24)17-20-8-10-21(11-9-20)29(35)33-32-16-22-13-27-28(15-25(22)30)39-18-38-27/h2-16H,17-18H2,1H3,(H,33,35)/b32-16-. The highest BCUT2D eigenvalue weighted by molar-refractivity contribution is 9.10. The molecule has 204 valence electrons. The van der Waals surface area contributed by atoms with E-state index in [0.717, 1.165) is 10.0 Å². The van der Waals surface area contributed by atoms with Gasteiger partial charge in [0.05, 0.1) is 23.3 Å². The summed E-state index contributed by atoms with van der Waals surface area (Å²) in [4.78, 5) is 12.9. The molecule has 0 fully saturated rings. The predicted molar refractivity (Wildman–Crippen MR) is 158 cm³/mol. The Balaban J connectivity index is 1.34. The predicted octanol–water partition coefficient (Wildman–Crippen LogP) is 6.30. The summed E-state index contributed by atoms with van der Waals surface area (Å²) < 4.78 is 40.1. The summed E-state index contributed by atoms with van der Waals surface area (Å²) in [7, 11) is -3.91. The zero-order chi connectivity index (χ0) is 28.3. The van der Waals surface area contributed by atoms with Crippen molar-refractivity contribution in [3.63, 3.8) is 0 Å². The number of carbonyl (C=O) groups excluding carboxylic acids is 1. The van der Waals surface area contributed by atoms with Crippen LogP contribution in [0.25, 0.3) is 0 Å². The van der Waals surface area contributed by atoms with Crippen LogP contribution in [0.15, 0.2) is 99.4 Å². The van der Waals surface area contributed by atoms with E-state index in [2.05, 4.69) is 26.5 Å². The third kappa shape index (κ3) is 5.99. The lowest BCUT2D eigenvalue weighted by atomic mass is 10.1. The Morgan fingerprint density at radius 2 is 1.73 bits per heavy atom. The number of nitrogens with one attached hydrogen (secondary N) is 1. The van der Waals surface area contributed by atoms with Crippen molar-refractivity contribution in [2.45, 2.75) is 18.4 Å². The number of aryl methyl sites for hydroxylation is 1. The molecule has 1 N–H and O–H groups in total. The number of sulfonamides is 1. The van der Waals surface area contributed by atoms with Crippen molar-refractivity contribution in [2.24, 2.45) is 5.10 Å². The molecule has 1 aliphatic rings. The molecule has 1 amide bonds.